The highest BCUT2D eigenvalue weighted by atomic mass is 16.7. The highest BCUT2D eigenvalue weighted by Gasteiger charge is 2.50. The summed E-state index contributed by atoms with van der Waals surface area (Å²) in [5.74, 6) is -3.25. The second-order valence-corrected chi connectivity index (χ2v) is 20.2. The largest absolute Gasteiger partial charge is 0.479 e. The van der Waals surface area contributed by atoms with Crippen LogP contribution >= 0.6 is 0 Å². The number of aliphatic carboxylic acids is 1. The third-order valence-corrected chi connectivity index (χ3v) is 12.9. The smallest absolute Gasteiger partial charge is 0.335 e. The van der Waals surface area contributed by atoms with Crippen LogP contribution in [0.3, 0.4) is 0 Å². The van der Waals surface area contributed by atoms with Crippen molar-refractivity contribution in [2.75, 3.05) is 13.2 Å². The van der Waals surface area contributed by atoms with Crippen LogP contribution in [0.5, 0.6) is 0 Å². The number of carbonyl (C=O) groups is 4. The average Bonchev–Trinajstić information content (AvgIpc) is 3.53. The summed E-state index contributed by atoms with van der Waals surface area (Å²) in [6, 6.07) is 0. The Kier molecular flexibility index (Phi) is 50.1. The first-order chi connectivity index (χ1) is 39.6. The first-order valence-electron chi connectivity index (χ1n) is 30.8. The second-order valence-electron chi connectivity index (χ2n) is 20.2. The molecule has 1 saturated heterocycles. The van der Waals surface area contributed by atoms with Crippen LogP contribution in [-0.2, 0) is 42.9 Å². The summed E-state index contributed by atoms with van der Waals surface area (Å²) < 4.78 is 28.4. The van der Waals surface area contributed by atoms with Crippen LogP contribution in [-0.4, -0.2) is 89.2 Å². The fraction of sp³-hybridized carbons (Fsp3) is 0.594. The van der Waals surface area contributed by atoms with E-state index in [0.717, 1.165) is 148 Å². The van der Waals surface area contributed by atoms with Gasteiger partial charge in [0.1, 0.15) is 18.8 Å². The van der Waals surface area contributed by atoms with Gasteiger partial charge >= 0.3 is 23.9 Å². The van der Waals surface area contributed by atoms with Crippen molar-refractivity contribution in [1.29, 1.82) is 0 Å². The molecular formula is C69H106O12. The van der Waals surface area contributed by atoms with E-state index in [2.05, 4.69) is 167 Å². The number of rotatable bonds is 50. The number of esters is 3. The van der Waals surface area contributed by atoms with E-state index in [1.807, 2.05) is 0 Å². The van der Waals surface area contributed by atoms with Gasteiger partial charge in [-0.15, -0.1) is 0 Å². The molecule has 1 fully saturated rings. The van der Waals surface area contributed by atoms with Crippen molar-refractivity contribution in [3.63, 3.8) is 0 Å². The van der Waals surface area contributed by atoms with Gasteiger partial charge in [-0.1, -0.05) is 205 Å². The van der Waals surface area contributed by atoms with E-state index in [1.54, 1.807) is 0 Å². The molecule has 0 radical (unpaired) electrons. The Hall–Kier alpha value is -5.40. The zero-order chi connectivity index (χ0) is 58.9. The lowest BCUT2D eigenvalue weighted by molar-refractivity contribution is -0.301. The van der Waals surface area contributed by atoms with E-state index in [4.69, 9.17) is 23.7 Å². The summed E-state index contributed by atoms with van der Waals surface area (Å²) in [4.78, 5) is 51.3. The summed E-state index contributed by atoms with van der Waals surface area (Å²) in [6.45, 7) is 5.59. The lowest BCUT2D eigenvalue weighted by atomic mass is 9.98. The predicted molar refractivity (Wildman–Crippen MR) is 330 cm³/mol. The van der Waals surface area contributed by atoms with Crippen molar-refractivity contribution in [1.82, 2.24) is 0 Å². The maximum atomic E-state index is 13.2. The molecule has 1 aliphatic rings. The maximum Gasteiger partial charge on any atom is 0.335 e. The highest BCUT2D eigenvalue weighted by Crippen LogP contribution is 2.26. The summed E-state index contributed by atoms with van der Waals surface area (Å²) in [5.41, 5.74) is 0. The minimum atomic E-state index is -1.93. The van der Waals surface area contributed by atoms with Crippen LogP contribution in [0.1, 0.15) is 213 Å². The normalized spacial score (nSPS) is 18.8. The molecule has 454 valence electrons. The summed E-state index contributed by atoms with van der Waals surface area (Å²) in [6.07, 6.45) is 66.6. The number of carbonyl (C=O) groups excluding carboxylic acids is 3. The lowest BCUT2D eigenvalue weighted by Crippen LogP contribution is -2.61. The summed E-state index contributed by atoms with van der Waals surface area (Å²) in [7, 11) is 0. The van der Waals surface area contributed by atoms with Crippen molar-refractivity contribution >= 4 is 23.9 Å². The van der Waals surface area contributed by atoms with Gasteiger partial charge in [0, 0.05) is 19.3 Å². The highest BCUT2D eigenvalue weighted by molar-refractivity contribution is 5.74. The zero-order valence-electron chi connectivity index (χ0n) is 50.0. The van der Waals surface area contributed by atoms with E-state index >= 15 is 0 Å². The van der Waals surface area contributed by atoms with Gasteiger partial charge in [-0.2, -0.15) is 0 Å². The van der Waals surface area contributed by atoms with Crippen molar-refractivity contribution in [2.45, 2.75) is 250 Å². The minimum Gasteiger partial charge on any atom is -0.479 e. The first kappa shape index (κ1) is 73.6. The van der Waals surface area contributed by atoms with Gasteiger partial charge in [-0.3, -0.25) is 14.4 Å². The molecule has 0 bridgehead atoms. The Labute approximate surface area is 489 Å². The zero-order valence-corrected chi connectivity index (χ0v) is 50.0. The third kappa shape index (κ3) is 44.9. The van der Waals surface area contributed by atoms with Crippen molar-refractivity contribution in [2.24, 2.45) is 0 Å². The van der Waals surface area contributed by atoms with Crippen LogP contribution in [0.25, 0.3) is 0 Å². The number of ether oxygens (including phenoxy) is 5. The molecule has 3 N–H and O–H groups in total. The number of hydrogen-bond acceptors (Lipinski definition) is 11. The topological polar surface area (TPSA) is 175 Å². The van der Waals surface area contributed by atoms with Gasteiger partial charge in [-0.05, 0) is 135 Å². The van der Waals surface area contributed by atoms with Crippen LogP contribution in [0.2, 0.25) is 0 Å². The molecule has 81 heavy (non-hydrogen) atoms. The minimum absolute atomic E-state index is 0.00474. The fourth-order valence-corrected chi connectivity index (χ4v) is 8.28. The Bertz CT molecular complexity index is 1960. The maximum absolute atomic E-state index is 13.2. The van der Waals surface area contributed by atoms with Crippen molar-refractivity contribution in [3.8, 4) is 0 Å². The van der Waals surface area contributed by atoms with Gasteiger partial charge in [0.2, 0.25) is 0 Å². The molecule has 1 rings (SSSR count). The van der Waals surface area contributed by atoms with Crippen molar-refractivity contribution in [3.05, 3.63) is 146 Å². The van der Waals surface area contributed by atoms with E-state index in [-0.39, 0.29) is 25.9 Å². The quantitative estimate of drug-likeness (QED) is 0.0228. The second kappa shape index (κ2) is 55.2. The Morgan fingerprint density at radius 1 is 0.407 bits per heavy atom. The number of unbranched alkanes of at least 4 members (excludes halogenated alkanes) is 12. The van der Waals surface area contributed by atoms with Crippen LogP contribution in [0, 0.1) is 0 Å². The number of hydrogen-bond donors (Lipinski definition) is 3. The lowest BCUT2D eigenvalue weighted by Gasteiger charge is -2.40. The molecule has 1 heterocycles. The van der Waals surface area contributed by atoms with Crippen LogP contribution in [0.15, 0.2) is 146 Å². The Balaban J connectivity index is 2.74. The fourth-order valence-electron chi connectivity index (χ4n) is 8.28. The number of aliphatic hydroxyl groups excluding tert-OH is 2. The Morgan fingerprint density at radius 3 is 1.15 bits per heavy atom. The van der Waals surface area contributed by atoms with Gasteiger partial charge in [0.05, 0.1) is 6.61 Å². The first-order valence-corrected chi connectivity index (χ1v) is 30.8. The number of carboxylic acid groups (broad SMARTS) is 1. The molecule has 6 unspecified atom stereocenters. The van der Waals surface area contributed by atoms with Gasteiger partial charge < -0.3 is 39.0 Å². The summed E-state index contributed by atoms with van der Waals surface area (Å²) in [5, 5.41) is 31.5. The van der Waals surface area contributed by atoms with Gasteiger partial charge in [0.25, 0.3) is 0 Å². The van der Waals surface area contributed by atoms with E-state index < -0.39 is 67.3 Å². The molecule has 12 heteroatoms. The van der Waals surface area contributed by atoms with E-state index in [0.29, 0.717) is 25.7 Å². The monoisotopic (exact) mass is 1130 g/mol. The molecule has 0 spiro atoms. The average molecular weight is 1130 g/mol. The number of aliphatic hydroxyl groups is 2. The number of allylic oxidation sites excluding steroid dienone is 24. The molecule has 1 aliphatic heterocycles. The van der Waals surface area contributed by atoms with Gasteiger partial charge in [0.15, 0.2) is 24.6 Å². The molecule has 0 aliphatic carbocycles. The third-order valence-electron chi connectivity index (χ3n) is 12.9. The summed E-state index contributed by atoms with van der Waals surface area (Å²) >= 11 is 0. The molecule has 0 amide bonds. The molecule has 0 saturated carbocycles. The van der Waals surface area contributed by atoms with Gasteiger partial charge in [-0.25, -0.2) is 4.79 Å². The molecule has 6 atom stereocenters. The SMILES string of the molecule is CC/C=C\C/C=C\C/C=C\C/C=C\CCCCCCCCC(=O)OCC(COC1OC(C(=O)O)C(O)C(O)C1OC(=O)CCCC/C=C\C/C=C\C/C=C\C/C=C\CC)OC(=O)CCCCCC/C=C\C/C=C\C/C=C\C/C=C\CC. The Morgan fingerprint density at radius 2 is 0.741 bits per heavy atom. The molecule has 0 aromatic heterocycles. The predicted octanol–water partition coefficient (Wildman–Crippen LogP) is 16.3. The van der Waals surface area contributed by atoms with Crippen LogP contribution in [0.4, 0.5) is 0 Å². The van der Waals surface area contributed by atoms with Crippen molar-refractivity contribution < 1.29 is 58.2 Å². The molecule has 12 nitrogen and oxygen atoms in total. The van der Waals surface area contributed by atoms with Crippen LogP contribution < -0.4 is 0 Å². The number of carboxylic acids is 1. The molecular weight excluding hydrogens is 1020 g/mol. The van der Waals surface area contributed by atoms with E-state index in [9.17, 15) is 34.5 Å². The molecule has 0 aromatic rings. The standard InChI is InChI=1S/C69H106O12/c1-4-7-10-13-16-19-22-25-28-30-31-33-35-37-40-43-46-49-52-55-61(70)77-58-60(79-62(71)56-53-50-47-44-41-39-36-32-29-26-23-20-17-14-11-8-5-2)59-78-69-67(65(74)64(73)66(81-69)68(75)76)80-63(72)57-54-51-48-45-42-38-34-27-24-21-18-15-12-9-6-3/h7-12,16-21,25-29,31,33-34,36,39,42,45,60,64-67,69,73-74H,4-6,13-15,22-24,30,32,35,37-38,40-41,43-44,46-59H2,1-3H3,(H,75,76)/b10-7-,11-8-,12-9-,19-16-,20-17-,21-18-,28-25-,29-26-,33-31-,34-27-,39-36-,45-42-. The van der Waals surface area contributed by atoms with E-state index in [1.165, 1.54) is 0 Å². The molecule has 0 aromatic carbocycles.